The molecule has 0 aliphatic heterocycles. The van der Waals surface area contributed by atoms with Gasteiger partial charge in [-0.05, 0) is 56.1 Å². The fourth-order valence-electron chi connectivity index (χ4n) is 3.62. The molecule has 1 heterocycles. The van der Waals surface area contributed by atoms with Crippen LogP contribution >= 0.6 is 0 Å². The van der Waals surface area contributed by atoms with Crippen molar-refractivity contribution in [2.75, 3.05) is 0 Å². The second-order valence-corrected chi connectivity index (χ2v) is 6.56. The van der Waals surface area contributed by atoms with Crippen molar-refractivity contribution in [2.24, 2.45) is 5.92 Å². The fraction of sp³-hybridized carbons (Fsp3) is 0.647. The molecule has 1 fully saturated rings. The molecule has 4 heteroatoms. The first-order valence-corrected chi connectivity index (χ1v) is 8.21. The second-order valence-electron chi connectivity index (χ2n) is 6.56. The standard InChI is InChI=1S/C17H24N2O2/c1-11-6-2-4-8-14(11)18-16(20)13-10-12-7-3-5-9-15(12)19-17(13)21/h10-11,14H,2-9H2,1H3,(H,18,20)(H,19,21). The van der Waals surface area contributed by atoms with Crippen LogP contribution < -0.4 is 10.9 Å². The zero-order chi connectivity index (χ0) is 14.8. The third-order valence-corrected chi connectivity index (χ3v) is 5.01. The van der Waals surface area contributed by atoms with E-state index in [1.54, 1.807) is 0 Å². The first kappa shape index (κ1) is 14.4. The highest BCUT2D eigenvalue weighted by atomic mass is 16.2. The lowest BCUT2D eigenvalue weighted by atomic mass is 9.86. The molecular formula is C17H24N2O2. The number of hydrogen-bond donors (Lipinski definition) is 2. The van der Waals surface area contributed by atoms with E-state index in [1.165, 1.54) is 6.42 Å². The molecule has 114 valence electrons. The third kappa shape index (κ3) is 3.04. The van der Waals surface area contributed by atoms with Crippen LogP contribution in [0.2, 0.25) is 0 Å². The van der Waals surface area contributed by atoms with E-state index in [-0.39, 0.29) is 23.1 Å². The van der Waals surface area contributed by atoms with Gasteiger partial charge in [-0.25, -0.2) is 0 Å². The van der Waals surface area contributed by atoms with Crippen LogP contribution in [-0.4, -0.2) is 16.9 Å². The minimum Gasteiger partial charge on any atom is -0.349 e. The average Bonchev–Trinajstić information content (AvgIpc) is 2.49. The Labute approximate surface area is 125 Å². The van der Waals surface area contributed by atoms with Gasteiger partial charge >= 0.3 is 0 Å². The summed E-state index contributed by atoms with van der Waals surface area (Å²) in [5, 5.41) is 3.07. The smallest absolute Gasteiger partial charge is 0.261 e. The fourth-order valence-corrected chi connectivity index (χ4v) is 3.62. The molecule has 21 heavy (non-hydrogen) atoms. The van der Waals surface area contributed by atoms with E-state index in [9.17, 15) is 9.59 Å². The Morgan fingerprint density at radius 2 is 1.95 bits per heavy atom. The zero-order valence-electron chi connectivity index (χ0n) is 12.7. The monoisotopic (exact) mass is 288 g/mol. The molecule has 0 saturated heterocycles. The van der Waals surface area contributed by atoms with Gasteiger partial charge in [0.1, 0.15) is 5.56 Å². The molecule has 1 amide bonds. The van der Waals surface area contributed by atoms with Gasteiger partial charge in [0, 0.05) is 11.7 Å². The minimum absolute atomic E-state index is 0.205. The van der Waals surface area contributed by atoms with Gasteiger partial charge in [0.15, 0.2) is 0 Å². The highest BCUT2D eigenvalue weighted by Gasteiger charge is 2.25. The number of carbonyl (C=O) groups is 1. The van der Waals surface area contributed by atoms with Gasteiger partial charge in [-0.2, -0.15) is 0 Å². The molecule has 2 aliphatic rings. The Hall–Kier alpha value is -1.58. The van der Waals surface area contributed by atoms with Crippen LogP contribution in [0, 0.1) is 5.92 Å². The molecule has 2 unspecified atom stereocenters. The summed E-state index contributed by atoms with van der Waals surface area (Å²) < 4.78 is 0. The van der Waals surface area contributed by atoms with Gasteiger partial charge in [0.25, 0.3) is 11.5 Å². The lowest BCUT2D eigenvalue weighted by molar-refractivity contribution is 0.0908. The van der Waals surface area contributed by atoms with Crippen molar-refractivity contribution in [3.05, 3.63) is 33.2 Å². The quantitative estimate of drug-likeness (QED) is 0.878. The summed E-state index contributed by atoms with van der Waals surface area (Å²) in [6, 6.07) is 2.03. The van der Waals surface area contributed by atoms with Crippen molar-refractivity contribution in [1.29, 1.82) is 0 Å². The zero-order valence-corrected chi connectivity index (χ0v) is 12.7. The molecule has 3 rings (SSSR count). The molecule has 1 saturated carbocycles. The van der Waals surface area contributed by atoms with E-state index < -0.39 is 0 Å². The van der Waals surface area contributed by atoms with Crippen LogP contribution in [-0.2, 0) is 12.8 Å². The van der Waals surface area contributed by atoms with Crippen LogP contribution in [0.25, 0.3) is 0 Å². The van der Waals surface area contributed by atoms with E-state index >= 15 is 0 Å². The largest absolute Gasteiger partial charge is 0.349 e. The summed E-state index contributed by atoms with van der Waals surface area (Å²) in [4.78, 5) is 27.5. The number of nitrogens with one attached hydrogen (secondary N) is 2. The van der Waals surface area contributed by atoms with Gasteiger partial charge in [-0.1, -0.05) is 19.8 Å². The summed E-state index contributed by atoms with van der Waals surface area (Å²) in [7, 11) is 0. The lowest BCUT2D eigenvalue weighted by Gasteiger charge is -2.29. The third-order valence-electron chi connectivity index (χ3n) is 5.01. The van der Waals surface area contributed by atoms with Gasteiger partial charge in [0.2, 0.25) is 0 Å². The van der Waals surface area contributed by atoms with Crippen LogP contribution in [0.5, 0.6) is 0 Å². The summed E-state index contributed by atoms with van der Waals surface area (Å²) in [6.07, 6.45) is 8.73. The molecule has 1 aromatic rings. The summed E-state index contributed by atoms with van der Waals surface area (Å²) in [5.41, 5.74) is 2.21. The van der Waals surface area contributed by atoms with Crippen molar-refractivity contribution in [2.45, 2.75) is 64.3 Å². The first-order chi connectivity index (χ1) is 10.1. The van der Waals surface area contributed by atoms with Gasteiger partial charge in [-0.15, -0.1) is 0 Å². The highest BCUT2D eigenvalue weighted by Crippen LogP contribution is 2.24. The predicted octanol–water partition coefficient (Wildman–Crippen LogP) is 2.56. The number of rotatable bonds is 2. The van der Waals surface area contributed by atoms with Gasteiger partial charge in [0.05, 0.1) is 0 Å². The Kier molecular flexibility index (Phi) is 4.13. The number of aromatic amines is 1. The molecule has 4 nitrogen and oxygen atoms in total. The maximum atomic E-state index is 12.4. The first-order valence-electron chi connectivity index (χ1n) is 8.21. The van der Waals surface area contributed by atoms with Crippen molar-refractivity contribution in [3.8, 4) is 0 Å². The van der Waals surface area contributed by atoms with Crippen LogP contribution in [0.1, 0.15) is 67.1 Å². The number of carbonyl (C=O) groups excluding carboxylic acids is 1. The Morgan fingerprint density at radius 3 is 2.76 bits per heavy atom. The van der Waals surface area contributed by atoms with Crippen molar-refractivity contribution in [1.82, 2.24) is 10.3 Å². The topological polar surface area (TPSA) is 62.0 Å². The minimum atomic E-state index is -0.239. The Bertz CT molecular complexity index is 591. The Morgan fingerprint density at radius 1 is 1.19 bits per heavy atom. The lowest BCUT2D eigenvalue weighted by Crippen LogP contribution is -2.43. The number of aryl methyl sites for hydroxylation is 2. The second kappa shape index (κ2) is 6.04. The highest BCUT2D eigenvalue weighted by molar-refractivity contribution is 5.94. The maximum Gasteiger partial charge on any atom is 0.261 e. The summed E-state index contributed by atoms with van der Waals surface area (Å²) in [6.45, 7) is 2.18. The van der Waals surface area contributed by atoms with E-state index in [2.05, 4.69) is 17.2 Å². The number of hydrogen-bond acceptors (Lipinski definition) is 2. The predicted molar refractivity (Wildman–Crippen MR) is 82.6 cm³/mol. The van der Waals surface area contributed by atoms with Crippen LogP contribution in [0.3, 0.4) is 0 Å². The van der Waals surface area contributed by atoms with Gasteiger partial charge < -0.3 is 10.3 Å². The molecule has 0 bridgehead atoms. The normalized spacial score (nSPS) is 25.2. The van der Waals surface area contributed by atoms with Crippen LogP contribution in [0.4, 0.5) is 0 Å². The average molecular weight is 288 g/mol. The molecule has 0 radical (unpaired) electrons. The van der Waals surface area contributed by atoms with E-state index in [0.717, 1.165) is 56.2 Å². The van der Waals surface area contributed by atoms with E-state index in [0.29, 0.717) is 5.92 Å². The SMILES string of the molecule is CC1CCCCC1NC(=O)c1cc2c([nH]c1=O)CCCC2. The summed E-state index contributed by atoms with van der Waals surface area (Å²) >= 11 is 0. The van der Waals surface area contributed by atoms with E-state index in [4.69, 9.17) is 0 Å². The molecular weight excluding hydrogens is 264 g/mol. The van der Waals surface area contributed by atoms with E-state index in [1.807, 2.05) is 6.07 Å². The number of amides is 1. The van der Waals surface area contributed by atoms with Crippen molar-refractivity contribution in [3.63, 3.8) is 0 Å². The molecule has 2 atom stereocenters. The summed E-state index contributed by atoms with van der Waals surface area (Å²) in [5.74, 6) is 0.294. The van der Waals surface area contributed by atoms with Crippen LogP contribution in [0.15, 0.2) is 10.9 Å². The van der Waals surface area contributed by atoms with Gasteiger partial charge in [-0.3, -0.25) is 9.59 Å². The van der Waals surface area contributed by atoms with Crippen molar-refractivity contribution < 1.29 is 4.79 Å². The molecule has 0 spiro atoms. The number of fused-ring (bicyclic) bond motifs is 1. The number of pyridine rings is 1. The Balaban J connectivity index is 1.79. The van der Waals surface area contributed by atoms with Crippen molar-refractivity contribution >= 4 is 5.91 Å². The number of aromatic nitrogens is 1. The molecule has 0 aromatic carbocycles. The number of H-pyrrole nitrogens is 1. The molecule has 2 aliphatic carbocycles. The molecule has 2 N–H and O–H groups in total. The maximum absolute atomic E-state index is 12.4. The molecule has 1 aromatic heterocycles.